The fourth-order valence-electron chi connectivity index (χ4n) is 1.33. The number of nitrogens with one attached hydrogen (secondary N) is 1. The van der Waals surface area contributed by atoms with Gasteiger partial charge in [0.05, 0.1) is 14.5 Å². The van der Waals surface area contributed by atoms with Crippen LogP contribution in [0.4, 0.5) is 11.4 Å². The summed E-state index contributed by atoms with van der Waals surface area (Å²) in [6, 6.07) is 4.61. The summed E-state index contributed by atoms with van der Waals surface area (Å²) >= 11 is 16.6. The summed E-state index contributed by atoms with van der Waals surface area (Å²) in [5.41, 5.74) is 6.55. The molecule has 0 aliphatic rings. The van der Waals surface area contributed by atoms with Gasteiger partial charge in [-0.05, 0) is 66.0 Å². The molecule has 0 bridgehead atoms. The normalized spacial score (nSPS) is 11.6. The van der Waals surface area contributed by atoms with E-state index in [9.17, 15) is 8.42 Å². The summed E-state index contributed by atoms with van der Waals surface area (Å²) in [5, 5.41) is 0.353. The molecule has 1 heterocycles. The van der Waals surface area contributed by atoms with Gasteiger partial charge in [-0.2, -0.15) is 0 Å². The molecule has 0 radical (unpaired) electrons. The second-order valence-corrected chi connectivity index (χ2v) is 10.0. The summed E-state index contributed by atoms with van der Waals surface area (Å²) in [6.07, 6.45) is 0. The van der Waals surface area contributed by atoms with Crippen molar-refractivity contribution in [1.82, 2.24) is 0 Å². The molecule has 3 N–H and O–H groups in total. The lowest BCUT2D eigenvalue weighted by molar-refractivity contribution is 0.603. The maximum atomic E-state index is 12.3. The highest BCUT2D eigenvalue weighted by Gasteiger charge is 2.21. The molecule has 4 nitrogen and oxygen atoms in total. The quantitative estimate of drug-likeness (QED) is 0.550. The van der Waals surface area contributed by atoms with Crippen molar-refractivity contribution < 1.29 is 8.42 Å². The average Bonchev–Trinajstić information content (AvgIpc) is 2.65. The van der Waals surface area contributed by atoms with Gasteiger partial charge in [0, 0.05) is 14.6 Å². The Bertz CT molecular complexity index is 734. The van der Waals surface area contributed by atoms with Gasteiger partial charge in [0.2, 0.25) is 0 Å². The molecule has 20 heavy (non-hydrogen) atoms. The molecular weight excluding hydrogens is 519 g/mol. The first-order valence-corrected chi connectivity index (χ1v) is 9.98. The number of rotatable bonds is 3. The van der Waals surface area contributed by atoms with E-state index < -0.39 is 10.0 Å². The second kappa shape index (κ2) is 6.13. The van der Waals surface area contributed by atoms with Crippen molar-refractivity contribution >= 4 is 92.1 Å². The zero-order valence-electron chi connectivity index (χ0n) is 9.45. The van der Waals surface area contributed by atoms with Crippen LogP contribution in [0.5, 0.6) is 0 Å². The fourth-order valence-corrected chi connectivity index (χ4v) is 6.52. The van der Waals surface area contributed by atoms with E-state index in [1.54, 1.807) is 12.1 Å². The van der Waals surface area contributed by atoms with Crippen molar-refractivity contribution in [1.29, 1.82) is 0 Å². The number of sulfonamides is 1. The highest BCUT2D eigenvalue weighted by atomic mass is 79.9. The van der Waals surface area contributed by atoms with Gasteiger partial charge in [0.15, 0.2) is 0 Å². The molecule has 0 aliphatic carbocycles. The highest BCUT2D eigenvalue weighted by molar-refractivity contribution is 9.11. The molecule has 1 aromatic carbocycles. The number of nitrogens with two attached hydrogens (primary N) is 1. The molecule has 0 spiro atoms. The number of anilines is 2. The van der Waals surface area contributed by atoms with Crippen LogP contribution in [0.2, 0.25) is 5.02 Å². The first kappa shape index (κ1) is 16.6. The zero-order valence-corrected chi connectivity index (χ0v) is 16.6. The topological polar surface area (TPSA) is 72.2 Å². The first-order valence-electron chi connectivity index (χ1n) is 4.93. The van der Waals surface area contributed by atoms with Crippen molar-refractivity contribution in [2.24, 2.45) is 0 Å². The van der Waals surface area contributed by atoms with Crippen LogP contribution in [0.1, 0.15) is 0 Å². The summed E-state index contributed by atoms with van der Waals surface area (Å²) in [5.74, 6) is 0. The maximum Gasteiger partial charge on any atom is 0.271 e. The molecule has 0 atom stereocenters. The largest absolute Gasteiger partial charge is 0.399 e. The highest BCUT2D eigenvalue weighted by Crippen LogP contribution is 2.38. The number of thiophene rings is 1. The summed E-state index contributed by atoms with van der Waals surface area (Å²) in [6.45, 7) is 0. The van der Waals surface area contributed by atoms with E-state index in [-0.39, 0.29) is 4.21 Å². The minimum Gasteiger partial charge on any atom is -0.399 e. The lowest BCUT2D eigenvalue weighted by atomic mass is 10.3. The van der Waals surface area contributed by atoms with Crippen LogP contribution in [0, 0.1) is 0 Å². The third-order valence-corrected chi connectivity index (χ3v) is 7.74. The zero-order chi connectivity index (χ0) is 15.1. The molecule has 0 saturated heterocycles. The van der Waals surface area contributed by atoms with Gasteiger partial charge in [-0.25, -0.2) is 8.42 Å². The van der Waals surface area contributed by atoms with Gasteiger partial charge in [-0.15, -0.1) is 11.3 Å². The third-order valence-electron chi connectivity index (χ3n) is 2.19. The van der Waals surface area contributed by atoms with Gasteiger partial charge in [0.1, 0.15) is 4.21 Å². The Morgan fingerprint density at radius 1 is 1.15 bits per heavy atom. The van der Waals surface area contributed by atoms with Crippen molar-refractivity contribution in [2.75, 3.05) is 10.5 Å². The number of hydrogen-bond acceptors (Lipinski definition) is 4. The molecule has 108 valence electrons. The molecule has 0 amide bonds. The fraction of sp³-hybridized carbons (Fsp3) is 0. The van der Waals surface area contributed by atoms with E-state index in [2.05, 4.69) is 52.5 Å². The van der Waals surface area contributed by atoms with Crippen LogP contribution in [0.15, 0.2) is 35.1 Å². The number of hydrogen-bond donors (Lipinski definition) is 2. The monoisotopic (exact) mass is 522 g/mol. The Morgan fingerprint density at radius 2 is 1.70 bits per heavy atom. The second-order valence-electron chi connectivity index (χ2n) is 3.65. The summed E-state index contributed by atoms with van der Waals surface area (Å²) < 4.78 is 28.9. The van der Waals surface area contributed by atoms with Crippen LogP contribution in [0.3, 0.4) is 0 Å². The maximum absolute atomic E-state index is 12.3. The van der Waals surface area contributed by atoms with Crippen LogP contribution in [-0.2, 0) is 10.0 Å². The Labute approximate surface area is 150 Å². The SMILES string of the molecule is Nc1cc(Br)c(NS(=O)(=O)c2cc(Cl)c(Br)s2)c(Br)c1. The van der Waals surface area contributed by atoms with Crippen molar-refractivity contribution in [3.63, 3.8) is 0 Å². The van der Waals surface area contributed by atoms with E-state index in [1.807, 2.05) is 0 Å². The lowest BCUT2D eigenvalue weighted by Crippen LogP contribution is -2.12. The first-order chi connectivity index (χ1) is 9.20. The Kier molecular flexibility index (Phi) is 5.08. The van der Waals surface area contributed by atoms with Gasteiger partial charge in [-0.3, -0.25) is 4.72 Å². The van der Waals surface area contributed by atoms with Gasteiger partial charge < -0.3 is 5.73 Å². The van der Waals surface area contributed by atoms with Gasteiger partial charge in [-0.1, -0.05) is 11.6 Å². The Hall–Kier alpha value is 0.200. The van der Waals surface area contributed by atoms with Crippen LogP contribution in [0.25, 0.3) is 0 Å². The van der Waals surface area contributed by atoms with Gasteiger partial charge in [0.25, 0.3) is 10.0 Å². The Morgan fingerprint density at radius 3 is 2.15 bits per heavy atom. The van der Waals surface area contributed by atoms with Crippen LogP contribution in [-0.4, -0.2) is 8.42 Å². The lowest BCUT2D eigenvalue weighted by Gasteiger charge is -2.11. The molecule has 0 fully saturated rings. The minimum absolute atomic E-state index is 0.116. The van der Waals surface area contributed by atoms with Crippen molar-refractivity contribution in [3.05, 3.63) is 36.0 Å². The van der Waals surface area contributed by atoms with Crippen molar-refractivity contribution in [3.8, 4) is 0 Å². The van der Waals surface area contributed by atoms with E-state index in [0.717, 1.165) is 11.3 Å². The molecular formula is C10H6Br3ClN2O2S2. The van der Waals surface area contributed by atoms with Gasteiger partial charge >= 0.3 is 0 Å². The summed E-state index contributed by atoms with van der Waals surface area (Å²) in [7, 11) is -3.72. The van der Waals surface area contributed by atoms with Crippen LogP contribution < -0.4 is 10.5 Å². The Balaban J connectivity index is 2.43. The predicted octanol–water partition coefficient (Wildman–Crippen LogP) is 5.07. The third kappa shape index (κ3) is 3.50. The molecule has 2 rings (SSSR count). The number of benzene rings is 1. The molecule has 10 heteroatoms. The van der Waals surface area contributed by atoms with Crippen molar-refractivity contribution in [2.45, 2.75) is 4.21 Å². The van der Waals surface area contributed by atoms with E-state index in [4.69, 9.17) is 17.3 Å². The molecule has 0 unspecified atom stereocenters. The summed E-state index contributed by atoms with van der Waals surface area (Å²) in [4.78, 5) is 0. The van der Waals surface area contributed by atoms with Crippen LogP contribution >= 0.6 is 70.7 Å². The number of nitrogen functional groups attached to an aromatic ring is 1. The van der Waals surface area contributed by atoms with E-state index in [1.165, 1.54) is 6.07 Å². The molecule has 0 saturated carbocycles. The standard InChI is InChI=1S/C10H6Br3ClN2O2S2/c11-5-1-4(15)2-6(12)9(5)16-20(17,18)8-3-7(14)10(13)19-8/h1-3,16H,15H2. The number of halogens is 4. The molecule has 0 aliphatic heterocycles. The smallest absolute Gasteiger partial charge is 0.271 e. The van der Waals surface area contributed by atoms with E-state index in [0.29, 0.717) is 29.1 Å². The minimum atomic E-state index is -3.72. The predicted molar refractivity (Wildman–Crippen MR) is 94.1 cm³/mol. The average molecular weight is 525 g/mol. The molecule has 2 aromatic rings. The molecule has 1 aromatic heterocycles. The van der Waals surface area contributed by atoms with E-state index >= 15 is 0 Å².